The van der Waals surface area contributed by atoms with E-state index in [2.05, 4.69) is 6.92 Å². The maximum Gasteiger partial charge on any atom is 0.216 e. The van der Waals surface area contributed by atoms with Gasteiger partial charge in [-0.1, -0.05) is 64.7 Å². The van der Waals surface area contributed by atoms with Crippen LogP contribution in [0.15, 0.2) is 0 Å². The summed E-state index contributed by atoms with van der Waals surface area (Å²) >= 11 is 0. The van der Waals surface area contributed by atoms with Crippen LogP contribution in [0.4, 0.5) is 0 Å². The van der Waals surface area contributed by atoms with E-state index in [9.17, 15) is 4.79 Å². The summed E-state index contributed by atoms with van der Waals surface area (Å²) in [6.07, 6.45) is 14.4. The second-order valence-corrected chi connectivity index (χ2v) is 4.34. The summed E-state index contributed by atoms with van der Waals surface area (Å²) in [4.78, 5) is 10.1. The third kappa shape index (κ3) is 11.6. The lowest BCUT2D eigenvalue weighted by Crippen LogP contribution is -2.20. The van der Waals surface area contributed by atoms with Crippen molar-refractivity contribution in [3.63, 3.8) is 0 Å². The number of rotatable bonds is 11. The van der Waals surface area contributed by atoms with Gasteiger partial charge in [0.1, 0.15) is 0 Å². The average molecular weight is 212 g/mol. The van der Waals surface area contributed by atoms with E-state index < -0.39 is 0 Å². The zero-order valence-corrected chi connectivity index (χ0v) is 10.1. The monoisotopic (exact) mass is 212 g/mol. The second-order valence-electron chi connectivity index (χ2n) is 4.34. The molecule has 2 heteroatoms. The molecule has 2 N–H and O–H groups in total. The number of nitrogens with two attached hydrogens (primary N) is 1. The lowest BCUT2D eigenvalue weighted by atomic mass is 10.1. The zero-order valence-electron chi connectivity index (χ0n) is 10.1. The van der Waals surface area contributed by atoms with Gasteiger partial charge in [0.2, 0.25) is 6.29 Å². The van der Waals surface area contributed by atoms with Gasteiger partial charge in [-0.15, -0.1) is 0 Å². The largest absolute Gasteiger partial charge is 0.321 e. The number of carbonyl (C=O) groups excluding carboxylic acids is 1. The number of unbranched alkanes of at least 4 members (excludes halogenated alkanes) is 8. The van der Waals surface area contributed by atoms with Crippen LogP contribution in [0, 0.1) is 0 Å². The fourth-order valence-corrected chi connectivity index (χ4v) is 1.73. The van der Waals surface area contributed by atoms with Crippen molar-refractivity contribution in [3.05, 3.63) is 0 Å². The molecule has 0 aromatic carbocycles. The average Bonchev–Trinajstić information content (AvgIpc) is 2.26. The molecule has 0 aromatic heterocycles. The Bertz CT molecular complexity index is 136. The summed E-state index contributed by atoms with van der Waals surface area (Å²) < 4.78 is 0. The van der Waals surface area contributed by atoms with E-state index in [-0.39, 0.29) is 6.04 Å². The molecule has 1 unspecified atom stereocenters. The molecule has 89 valence electrons. The fourth-order valence-electron chi connectivity index (χ4n) is 1.73. The molecule has 0 aliphatic rings. The minimum atomic E-state index is -0.352. The highest BCUT2D eigenvalue weighted by atomic mass is 16.1. The van der Waals surface area contributed by atoms with E-state index in [4.69, 9.17) is 5.73 Å². The van der Waals surface area contributed by atoms with Crippen LogP contribution in [0.25, 0.3) is 0 Å². The molecule has 0 bridgehead atoms. The van der Waals surface area contributed by atoms with Crippen LogP contribution < -0.4 is 5.73 Å². The molecule has 0 saturated heterocycles. The van der Waals surface area contributed by atoms with Crippen LogP contribution in [-0.4, -0.2) is 12.3 Å². The van der Waals surface area contributed by atoms with Crippen molar-refractivity contribution in [2.75, 3.05) is 0 Å². The molecule has 2 nitrogen and oxygen atoms in total. The minimum absolute atomic E-state index is 0.352. The van der Waals surface area contributed by atoms with E-state index in [0.29, 0.717) is 0 Å². The quantitative estimate of drug-likeness (QED) is 0.534. The Morgan fingerprint density at radius 3 is 1.87 bits per heavy atom. The molecule has 1 atom stereocenters. The first-order chi connectivity index (χ1) is 7.31. The van der Waals surface area contributed by atoms with Crippen LogP contribution in [0.5, 0.6) is 0 Å². The van der Waals surface area contributed by atoms with Crippen LogP contribution in [0.1, 0.15) is 71.1 Å². The van der Waals surface area contributed by atoms with Gasteiger partial charge in [0, 0.05) is 0 Å². The Hall–Kier alpha value is -0.370. The molecule has 0 aromatic rings. The SMILES string of the molecule is CCCCCCCCCCCC(N)[C]=O. The van der Waals surface area contributed by atoms with E-state index >= 15 is 0 Å². The highest BCUT2D eigenvalue weighted by Crippen LogP contribution is 2.10. The lowest BCUT2D eigenvalue weighted by molar-refractivity contribution is 0.519. The molecule has 0 fully saturated rings. The van der Waals surface area contributed by atoms with Gasteiger partial charge in [0.15, 0.2) is 0 Å². The zero-order chi connectivity index (χ0) is 11.4. The van der Waals surface area contributed by atoms with Crippen molar-refractivity contribution in [1.82, 2.24) is 0 Å². The van der Waals surface area contributed by atoms with Crippen molar-refractivity contribution < 1.29 is 4.79 Å². The Morgan fingerprint density at radius 1 is 0.933 bits per heavy atom. The molecule has 0 aliphatic carbocycles. The van der Waals surface area contributed by atoms with Gasteiger partial charge in [0.25, 0.3) is 0 Å². The molecule has 0 saturated carbocycles. The maximum absolute atomic E-state index is 10.1. The molecular formula is C13H26NO. The van der Waals surface area contributed by atoms with Crippen LogP contribution in [0.3, 0.4) is 0 Å². The predicted molar refractivity (Wildman–Crippen MR) is 65.5 cm³/mol. The predicted octanol–water partition coefficient (Wildman–Crippen LogP) is 3.34. The Kier molecular flexibility index (Phi) is 11.4. The van der Waals surface area contributed by atoms with Gasteiger partial charge in [-0.25, -0.2) is 0 Å². The molecule has 0 amide bonds. The molecule has 0 heterocycles. The van der Waals surface area contributed by atoms with Gasteiger partial charge < -0.3 is 5.73 Å². The highest BCUT2D eigenvalue weighted by Gasteiger charge is 1.99. The van der Waals surface area contributed by atoms with Crippen LogP contribution in [0.2, 0.25) is 0 Å². The van der Waals surface area contributed by atoms with Crippen LogP contribution in [-0.2, 0) is 4.79 Å². The van der Waals surface area contributed by atoms with E-state index in [1.807, 2.05) is 6.29 Å². The summed E-state index contributed by atoms with van der Waals surface area (Å²) in [6, 6.07) is -0.352. The first kappa shape index (κ1) is 14.6. The molecule has 15 heavy (non-hydrogen) atoms. The van der Waals surface area contributed by atoms with Crippen molar-refractivity contribution in [2.45, 2.75) is 77.2 Å². The third-order valence-electron chi connectivity index (χ3n) is 2.77. The topological polar surface area (TPSA) is 43.1 Å². The Morgan fingerprint density at radius 2 is 1.40 bits per heavy atom. The number of hydrogen-bond donors (Lipinski definition) is 1. The Balaban J connectivity index is 2.95. The van der Waals surface area contributed by atoms with Crippen molar-refractivity contribution >= 4 is 6.29 Å². The van der Waals surface area contributed by atoms with E-state index in [0.717, 1.165) is 12.8 Å². The van der Waals surface area contributed by atoms with Crippen LogP contribution >= 0.6 is 0 Å². The van der Waals surface area contributed by atoms with Gasteiger partial charge in [-0.3, -0.25) is 4.79 Å². The van der Waals surface area contributed by atoms with E-state index in [1.165, 1.54) is 51.4 Å². The van der Waals surface area contributed by atoms with Crippen molar-refractivity contribution in [3.8, 4) is 0 Å². The standard InChI is InChI=1S/C13H26NO/c1-2-3-4-5-6-7-8-9-10-11-13(14)12-15/h13H,2-11,14H2,1H3. The normalized spacial score (nSPS) is 12.7. The van der Waals surface area contributed by atoms with Crippen molar-refractivity contribution in [1.29, 1.82) is 0 Å². The molecular weight excluding hydrogens is 186 g/mol. The van der Waals surface area contributed by atoms with E-state index in [1.54, 1.807) is 0 Å². The third-order valence-corrected chi connectivity index (χ3v) is 2.77. The molecule has 1 radical (unpaired) electrons. The van der Waals surface area contributed by atoms with Gasteiger partial charge in [-0.05, 0) is 6.42 Å². The summed E-state index contributed by atoms with van der Waals surface area (Å²) in [5, 5.41) is 0. The summed E-state index contributed by atoms with van der Waals surface area (Å²) in [6.45, 7) is 2.24. The molecule has 0 rings (SSSR count). The second kappa shape index (κ2) is 11.7. The molecule has 0 spiro atoms. The fraction of sp³-hybridized carbons (Fsp3) is 0.923. The van der Waals surface area contributed by atoms with Gasteiger partial charge >= 0.3 is 0 Å². The van der Waals surface area contributed by atoms with Crippen molar-refractivity contribution in [2.24, 2.45) is 5.73 Å². The lowest BCUT2D eigenvalue weighted by Gasteiger charge is -2.03. The number of hydrogen-bond acceptors (Lipinski definition) is 2. The Labute approximate surface area is 94.6 Å². The first-order valence-corrected chi connectivity index (χ1v) is 6.44. The smallest absolute Gasteiger partial charge is 0.216 e. The summed E-state index contributed by atoms with van der Waals surface area (Å²) in [5.41, 5.74) is 5.45. The molecule has 0 aliphatic heterocycles. The summed E-state index contributed by atoms with van der Waals surface area (Å²) in [7, 11) is 0. The minimum Gasteiger partial charge on any atom is -0.321 e. The van der Waals surface area contributed by atoms with Gasteiger partial charge in [-0.2, -0.15) is 0 Å². The highest BCUT2D eigenvalue weighted by molar-refractivity contribution is 5.57. The maximum atomic E-state index is 10.1. The van der Waals surface area contributed by atoms with Gasteiger partial charge in [0.05, 0.1) is 6.04 Å². The first-order valence-electron chi connectivity index (χ1n) is 6.44. The summed E-state index contributed by atoms with van der Waals surface area (Å²) in [5.74, 6) is 0.